The number of carbonyl (C=O) groups excluding carboxylic acids is 1. The van der Waals surface area contributed by atoms with Crippen molar-refractivity contribution in [2.24, 2.45) is 0 Å². The molecule has 0 radical (unpaired) electrons. The standard InChI is InChI=1S/C17H21BrN4O6/c1-10-15(18)17(22(24)25)20-21(10)7-5-6-14(23)19-11-8-12(26-2)16(28-4)13(9-11)27-3/h8-9H,5-7H2,1-4H3,(H,19,23). The molecule has 0 spiro atoms. The second-order valence-electron chi connectivity index (χ2n) is 5.77. The molecule has 0 aliphatic heterocycles. The lowest BCUT2D eigenvalue weighted by atomic mass is 10.2. The van der Waals surface area contributed by atoms with E-state index in [9.17, 15) is 14.9 Å². The van der Waals surface area contributed by atoms with Gasteiger partial charge in [0.25, 0.3) is 0 Å². The molecule has 2 aromatic rings. The van der Waals surface area contributed by atoms with E-state index in [0.29, 0.717) is 46.1 Å². The monoisotopic (exact) mass is 456 g/mol. The first-order valence-corrected chi connectivity index (χ1v) is 9.08. The van der Waals surface area contributed by atoms with E-state index in [1.165, 1.54) is 26.0 Å². The second-order valence-corrected chi connectivity index (χ2v) is 6.56. The van der Waals surface area contributed by atoms with E-state index < -0.39 is 4.92 Å². The van der Waals surface area contributed by atoms with Crippen LogP contribution in [-0.4, -0.2) is 41.9 Å². The lowest BCUT2D eigenvalue weighted by molar-refractivity contribution is -0.390. The van der Waals surface area contributed by atoms with Crippen LogP contribution < -0.4 is 19.5 Å². The van der Waals surface area contributed by atoms with Gasteiger partial charge in [-0.2, -0.15) is 4.68 Å². The van der Waals surface area contributed by atoms with Crippen molar-refractivity contribution < 1.29 is 23.9 Å². The first kappa shape index (κ1) is 21.5. The van der Waals surface area contributed by atoms with Gasteiger partial charge in [0.05, 0.1) is 38.7 Å². The first-order valence-electron chi connectivity index (χ1n) is 8.29. The molecule has 0 bridgehead atoms. The highest BCUT2D eigenvalue weighted by molar-refractivity contribution is 9.10. The molecule has 0 aliphatic carbocycles. The van der Waals surface area contributed by atoms with Gasteiger partial charge in [-0.1, -0.05) is 0 Å². The van der Waals surface area contributed by atoms with Crippen LogP contribution in [0.15, 0.2) is 16.6 Å². The predicted octanol–water partition coefficient (Wildman–Crippen LogP) is 3.31. The highest BCUT2D eigenvalue weighted by Crippen LogP contribution is 2.40. The molecule has 1 amide bonds. The van der Waals surface area contributed by atoms with Crippen LogP contribution in [0, 0.1) is 17.0 Å². The molecule has 0 atom stereocenters. The summed E-state index contributed by atoms with van der Waals surface area (Å²) in [4.78, 5) is 22.6. The van der Waals surface area contributed by atoms with Gasteiger partial charge < -0.3 is 29.6 Å². The van der Waals surface area contributed by atoms with E-state index >= 15 is 0 Å². The minimum Gasteiger partial charge on any atom is -0.493 e. The predicted molar refractivity (Wildman–Crippen MR) is 105 cm³/mol. The number of hydrogen-bond donors (Lipinski definition) is 1. The molecule has 1 aromatic heterocycles. The molecule has 152 valence electrons. The Morgan fingerprint density at radius 2 is 1.86 bits per heavy atom. The number of carbonyl (C=O) groups is 1. The summed E-state index contributed by atoms with van der Waals surface area (Å²) in [5, 5.41) is 17.7. The van der Waals surface area contributed by atoms with Crippen LogP contribution in [0.4, 0.5) is 11.5 Å². The van der Waals surface area contributed by atoms with Crippen molar-refractivity contribution in [1.29, 1.82) is 0 Å². The number of rotatable bonds is 9. The summed E-state index contributed by atoms with van der Waals surface area (Å²) in [7, 11) is 4.48. The summed E-state index contributed by atoms with van der Waals surface area (Å²) < 4.78 is 17.6. The van der Waals surface area contributed by atoms with Gasteiger partial charge in [0, 0.05) is 24.2 Å². The Balaban J connectivity index is 2.00. The van der Waals surface area contributed by atoms with E-state index in [4.69, 9.17) is 14.2 Å². The van der Waals surface area contributed by atoms with Crippen LogP contribution in [0.5, 0.6) is 17.2 Å². The summed E-state index contributed by atoms with van der Waals surface area (Å²) >= 11 is 3.17. The summed E-state index contributed by atoms with van der Waals surface area (Å²) in [5.74, 6) is 0.847. The van der Waals surface area contributed by atoms with Crippen LogP contribution in [-0.2, 0) is 11.3 Å². The van der Waals surface area contributed by atoms with Gasteiger partial charge in [0.15, 0.2) is 11.5 Å². The maximum Gasteiger partial charge on any atom is 0.404 e. The van der Waals surface area contributed by atoms with Gasteiger partial charge in [0.2, 0.25) is 11.7 Å². The largest absolute Gasteiger partial charge is 0.493 e. The molecule has 11 heteroatoms. The molecular weight excluding hydrogens is 436 g/mol. The summed E-state index contributed by atoms with van der Waals surface area (Å²) in [6.45, 7) is 2.10. The van der Waals surface area contributed by atoms with Gasteiger partial charge in [-0.25, -0.2) is 0 Å². The zero-order valence-corrected chi connectivity index (χ0v) is 17.5. The molecule has 2 rings (SSSR count). The fraction of sp³-hybridized carbons (Fsp3) is 0.412. The van der Waals surface area contributed by atoms with Crippen molar-refractivity contribution in [2.75, 3.05) is 26.6 Å². The van der Waals surface area contributed by atoms with E-state index in [2.05, 4.69) is 26.3 Å². The number of halogens is 1. The number of methoxy groups -OCH3 is 3. The third-order valence-corrected chi connectivity index (χ3v) is 4.94. The topological polar surface area (TPSA) is 118 Å². The van der Waals surface area contributed by atoms with Gasteiger partial charge >= 0.3 is 5.82 Å². The summed E-state index contributed by atoms with van der Waals surface area (Å²) in [6.07, 6.45) is 0.670. The average Bonchev–Trinajstić information content (AvgIpc) is 2.95. The molecule has 1 aromatic carbocycles. The number of hydrogen-bond acceptors (Lipinski definition) is 7. The fourth-order valence-corrected chi connectivity index (χ4v) is 3.04. The number of benzene rings is 1. The van der Waals surface area contributed by atoms with Crippen LogP contribution in [0.3, 0.4) is 0 Å². The summed E-state index contributed by atoms with van der Waals surface area (Å²) in [5.41, 5.74) is 1.14. The van der Waals surface area contributed by atoms with Crippen LogP contribution in [0.2, 0.25) is 0 Å². The molecule has 0 aliphatic rings. The van der Waals surface area contributed by atoms with E-state index in [1.807, 2.05) is 0 Å². The van der Waals surface area contributed by atoms with Crippen molar-refractivity contribution in [3.05, 3.63) is 32.4 Å². The van der Waals surface area contributed by atoms with Gasteiger partial charge in [-0.15, -0.1) is 0 Å². The van der Waals surface area contributed by atoms with Crippen molar-refractivity contribution >= 4 is 33.3 Å². The Labute approximate surface area is 170 Å². The van der Waals surface area contributed by atoms with Gasteiger partial charge in [0.1, 0.15) is 4.47 Å². The lowest BCUT2D eigenvalue weighted by Gasteiger charge is -2.14. The number of ether oxygens (including phenoxy) is 3. The molecule has 1 heterocycles. The van der Waals surface area contributed by atoms with Crippen molar-refractivity contribution in [2.45, 2.75) is 26.3 Å². The number of aryl methyl sites for hydroxylation is 1. The number of nitrogens with zero attached hydrogens (tertiary/aromatic N) is 3. The SMILES string of the molecule is COc1cc(NC(=O)CCCn2nc([N+](=O)[O-])c(Br)c2C)cc(OC)c1OC. The Bertz CT molecular complexity index is 858. The maximum atomic E-state index is 12.3. The van der Waals surface area contributed by atoms with Crippen LogP contribution in [0.25, 0.3) is 0 Å². The molecule has 28 heavy (non-hydrogen) atoms. The zero-order valence-electron chi connectivity index (χ0n) is 15.9. The van der Waals surface area contributed by atoms with E-state index in [1.54, 1.807) is 19.1 Å². The maximum absolute atomic E-state index is 12.3. The molecule has 0 unspecified atom stereocenters. The van der Waals surface area contributed by atoms with Gasteiger partial charge in [-0.05, 0) is 34.2 Å². The van der Waals surface area contributed by atoms with E-state index in [-0.39, 0.29) is 18.1 Å². The first-order chi connectivity index (χ1) is 13.3. The lowest BCUT2D eigenvalue weighted by Crippen LogP contribution is -2.13. The average molecular weight is 457 g/mol. The number of anilines is 1. The molecule has 0 fully saturated rings. The molecular formula is C17H21BrN4O6. The molecule has 0 saturated heterocycles. The smallest absolute Gasteiger partial charge is 0.404 e. The Morgan fingerprint density at radius 3 is 2.32 bits per heavy atom. The molecule has 1 N–H and O–H groups in total. The number of amides is 1. The van der Waals surface area contributed by atoms with Gasteiger partial charge in [-0.3, -0.25) is 4.79 Å². The number of aromatic nitrogens is 2. The Kier molecular flexibility index (Phi) is 7.21. The normalized spacial score (nSPS) is 10.5. The minimum absolute atomic E-state index is 0.210. The molecule has 10 nitrogen and oxygen atoms in total. The third kappa shape index (κ3) is 4.71. The second kappa shape index (κ2) is 9.40. The Morgan fingerprint density at radius 1 is 1.25 bits per heavy atom. The third-order valence-electron chi connectivity index (χ3n) is 4.01. The molecule has 0 saturated carbocycles. The minimum atomic E-state index is -0.551. The van der Waals surface area contributed by atoms with Crippen molar-refractivity contribution in [3.8, 4) is 17.2 Å². The number of nitrogens with one attached hydrogen (secondary N) is 1. The number of nitro groups is 1. The van der Waals surface area contributed by atoms with E-state index in [0.717, 1.165) is 0 Å². The Hall–Kier alpha value is -2.82. The zero-order chi connectivity index (χ0) is 20.8. The van der Waals surface area contributed by atoms with Crippen molar-refractivity contribution in [1.82, 2.24) is 9.78 Å². The summed E-state index contributed by atoms with van der Waals surface area (Å²) in [6, 6.07) is 3.27. The highest BCUT2D eigenvalue weighted by Gasteiger charge is 2.23. The van der Waals surface area contributed by atoms with Crippen LogP contribution >= 0.6 is 15.9 Å². The van der Waals surface area contributed by atoms with Crippen LogP contribution in [0.1, 0.15) is 18.5 Å². The van der Waals surface area contributed by atoms with Crippen molar-refractivity contribution in [3.63, 3.8) is 0 Å². The highest BCUT2D eigenvalue weighted by atomic mass is 79.9. The quantitative estimate of drug-likeness (QED) is 0.454. The fourth-order valence-electron chi connectivity index (χ4n) is 2.61.